The van der Waals surface area contributed by atoms with Gasteiger partial charge in [-0.05, 0) is 49.4 Å². The molecule has 0 saturated heterocycles. The lowest BCUT2D eigenvalue weighted by Crippen LogP contribution is -2.30. The molecule has 0 fully saturated rings. The molecule has 0 bridgehead atoms. The van der Waals surface area contributed by atoms with E-state index in [-0.39, 0.29) is 25.7 Å². The molecule has 88 heavy (non-hydrogen) atoms. The van der Waals surface area contributed by atoms with Crippen LogP contribution in [0.2, 0.25) is 0 Å². The molecule has 522 valence electrons. The SMILES string of the molecule is CCC(C)CCCCCCCCCCC(=O)O[C@H](COC(=O)CCCCCCCCCCC(C)C)COP(=O)(O)OCC(O)COP(=O)(O)OC[C@@H](COC(=O)CCCCCCCCCCCCCC(C)C)OC(=O)CCCCCCCCCCC(C)C. The Morgan fingerprint density at radius 3 is 0.807 bits per heavy atom. The summed E-state index contributed by atoms with van der Waals surface area (Å²) in [6, 6.07) is 0. The maximum Gasteiger partial charge on any atom is 0.472 e. The smallest absolute Gasteiger partial charge is 0.462 e. The summed E-state index contributed by atoms with van der Waals surface area (Å²) in [5, 5.41) is 10.6. The lowest BCUT2D eigenvalue weighted by Gasteiger charge is -2.21. The Hall–Kier alpha value is -1.94. The molecule has 0 rings (SSSR count). The number of unbranched alkanes of at least 4 members (excludes halogenated alkanes) is 31. The largest absolute Gasteiger partial charge is 0.472 e. The molecule has 0 heterocycles. The summed E-state index contributed by atoms with van der Waals surface area (Å²) >= 11 is 0. The maximum absolute atomic E-state index is 13.0. The number of rotatable bonds is 66. The summed E-state index contributed by atoms with van der Waals surface area (Å²) in [5.74, 6) is 0.852. The van der Waals surface area contributed by atoms with Gasteiger partial charge < -0.3 is 33.8 Å². The van der Waals surface area contributed by atoms with E-state index < -0.39 is 97.5 Å². The van der Waals surface area contributed by atoms with Gasteiger partial charge in [0.1, 0.15) is 19.3 Å². The Morgan fingerprint density at radius 1 is 0.318 bits per heavy atom. The van der Waals surface area contributed by atoms with Crippen LogP contribution < -0.4 is 0 Å². The second-order valence-electron chi connectivity index (χ2n) is 26.6. The first-order valence-corrected chi connectivity index (χ1v) is 38.7. The minimum absolute atomic E-state index is 0.104. The summed E-state index contributed by atoms with van der Waals surface area (Å²) < 4.78 is 68.2. The Morgan fingerprint density at radius 2 is 0.545 bits per heavy atom. The number of carbonyl (C=O) groups excluding carboxylic acids is 4. The first-order valence-electron chi connectivity index (χ1n) is 35.7. The van der Waals surface area contributed by atoms with Gasteiger partial charge in [0.05, 0.1) is 26.4 Å². The normalized spacial score (nSPS) is 14.6. The van der Waals surface area contributed by atoms with Crippen LogP contribution in [0.25, 0.3) is 0 Å². The number of phosphoric acid groups is 2. The third kappa shape index (κ3) is 61.6. The Balaban J connectivity index is 5.26. The molecular weight excluding hydrogens is 1160 g/mol. The van der Waals surface area contributed by atoms with E-state index in [1.54, 1.807) is 0 Å². The Labute approximate surface area is 537 Å². The molecular formula is C69H134O17P2. The highest BCUT2D eigenvalue weighted by Gasteiger charge is 2.30. The van der Waals surface area contributed by atoms with E-state index in [2.05, 4.69) is 55.4 Å². The molecule has 6 atom stereocenters. The molecule has 0 amide bonds. The van der Waals surface area contributed by atoms with Gasteiger partial charge in [-0.2, -0.15) is 0 Å². The standard InChI is InChI=1S/C69H134O17P2/c1-9-62(8)48-40-32-24-17-20-28-36-44-52-69(74)86-65(56-80-67(72)50-42-34-26-18-15-22-30-38-46-60(4)5)58-84-88(77,78)82-54-63(70)53-81-87(75,76)83-57-64(85-68(73)51-43-35-27-19-16-23-31-39-47-61(6)7)55-79-66(71)49-41-33-25-14-12-10-11-13-21-29-37-45-59(2)3/h59-65,70H,9-58H2,1-8H3,(H,75,76)(H,77,78)/t62?,63?,64-,65-/m1/s1. The van der Waals surface area contributed by atoms with Gasteiger partial charge in [-0.15, -0.1) is 0 Å². The molecule has 0 aliphatic heterocycles. The third-order valence-electron chi connectivity index (χ3n) is 16.2. The molecule has 0 saturated carbocycles. The number of esters is 4. The number of carbonyl (C=O) groups is 4. The zero-order chi connectivity index (χ0) is 65.4. The molecule has 0 radical (unpaired) electrons. The highest BCUT2D eigenvalue weighted by molar-refractivity contribution is 7.47. The molecule has 0 aliphatic carbocycles. The molecule has 4 unspecified atom stereocenters. The highest BCUT2D eigenvalue weighted by atomic mass is 31.2. The average molecular weight is 1300 g/mol. The number of hydrogen-bond acceptors (Lipinski definition) is 15. The zero-order valence-corrected chi connectivity index (χ0v) is 59.1. The van der Waals surface area contributed by atoms with E-state index in [0.29, 0.717) is 25.7 Å². The van der Waals surface area contributed by atoms with Crippen molar-refractivity contribution in [3.63, 3.8) is 0 Å². The van der Waals surface area contributed by atoms with E-state index >= 15 is 0 Å². The predicted octanol–water partition coefficient (Wildman–Crippen LogP) is 19.3. The molecule has 0 spiro atoms. The van der Waals surface area contributed by atoms with Crippen molar-refractivity contribution in [1.29, 1.82) is 0 Å². The van der Waals surface area contributed by atoms with E-state index in [1.807, 2.05) is 0 Å². The van der Waals surface area contributed by atoms with Gasteiger partial charge in [0, 0.05) is 25.7 Å². The van der Waals surface area contributed by atoms with Crippen molar-refractivity contribution in [2.24, 2.45) is 23.7 Å². The van der Waals surface area contributed by atoms with E-state index in [9.17, 15) is 43.2 Å². The minimum Gasteiger partial charge on any atom is -0.462 e. The van der Waals surface area contributed by atoms with Crippen molar-refractivity contribution in [2.45, 2.75) is 356 Å². The molecule has 19 heteroatoms. The van der Waals surface area contributed by atoms with Gasteiger partial charge in [-0.3, -0.25) is 37.3 Å². The molecule has 0 aromatic rings. The molecule has 17 nitrogen and oxygen atoms in total. The molecule has 0 aromatic heterocycles. The highest BCUT2D eigenvalue weighted by Crippen LogP contribution is 2.45. The van der Waals surface area contributed by atoms with E-state index in [1.165, 1.54) is 141 Å². The lowest BCUT2D eigenvalue weighted by atomic mass is 9.99. The van der Waals surface area contributed by atoms with Gasteiger partial charge in [0.25, 0.3) is 0 Å². The number of ether oxygens (including phenoxy) is 4. The molecule has 0 aliphatic rings. The van der Waals surface area contributed by atoms with Crippen LogP contribution in [0.5, 0.6) is 0 Å². The Bertz CT molecular complexity index is 1750. The van der Waals surface area contributed by atoms with Crippen LogP contribution in [-0.4, -0.2) is 96.7 Å². The van der Waals surface area contributed by atoms with Crippen LogP contribution in [0.4, 0.5) is 0 Å². The van der Waals surface area contributed by atoms with Gasteiger partial charge in [-0.25, -0.2) is 9.13 Å². The van der Waals surface area contributed by atoms with Crippen LogP contribution in [0.1, 0.15) is 338 Å². The van der Waals surface area contributed by atoms with Crippen molar-refractivity contribution < 1.29 is 80.2 Å². The van der Waals surface area contributed by atoms with Crippen LogP contribution in [0.15, 0.2) is 0 Å². The van der Waals surface area contributed by atoms with Crippen molar-refractivity contribution >= 4 is 39.5 Å². The number of phosphoric ester groups is 2. The van der Waals surface area contributed by atoms with Crippen molar-refractivity contribution in [3.8, 4) is 0 Å². The Kier molecular flexibility index (Phi) is 57.6. The summed E-state index contributed by atoms with van der Waals surface area (Å²) in [5.41, 5.74) is 0. The quantitative estimate of drug-likeness (QED) is 0.0222. The van der Waals surface area contributed by atoms with Gasteiger partial charge in [0.15, 0.2) is 12.2 Å². The minimum atomic E-state index is -4.95. The van der Waals surface area contributed by atoms with Crippen molar-refractivity contribution in [2.75, 3.05) is 39.6 Å². The second kappa shape index (κ2) is 58.8. The molecule has 0 aromatic carbocycles. The first kappa shape index (κ1) is 86.1. The fourth-order valence-electron chi connectivity index (χ4n) is 10.3. The number of aliphatic hydroxyl groups is 1. The summed E-state index contributed by atoms with van der Waals surface area (Å²) in [7, 11) is -9.90. The zero-order valence-electron chi connectivity index (χ0n) is 57.3. The van der Waals surface area contributed by atoms with Crippen LogP contribution >= 0.6 is 15.6 Å². The van der Waals surface area contributed by atoms with Gasteiger partial charge in [0.2, 0.25) is 0 Å². The van der Waals surface area contributed by atoms with Crippen LogP contribution in [0, 0.1) is 23.7 Å². The van der Waals surface area contributed by atoms with Gasteiger partial charge >= 0.3 is 39.5 Å². The van der Waals surface area contributed by atoms with Gasteiger partial charge in [-0.1, -0.05) is 287 Å². The number of hydrogen-bond donors (Lipinski definition) is 3. The monoisotopic (exact) mass is 1300 g/mol. The van der Waals surface area contributed by atoms with Crippen LogP contribution in [-0.2, 0) is 65.4 Å². The summed E-state index contributed by atoms with van der Waals surface area (Å²) in [6.07, 6.45) is 40.3. The number of aliphatic hydroxyl groups excluding tert-OH is 1. The maximum atomic E-state index is 13.0. The summed E-state index contributed by atoms with van der Waals surface area (Å²) in [6.45, 7) is 14.1. The first-order chi connectivity index (χ1) is 42.1. The lowest BCUT2D eigenvalue weighted by molar-refractivity contribution is -0.161. The van der Waals surface area contributed by atoms with Crippen molar-refractivity contribution in [1.82, 2.24) is 0 Å². The third-order valence-corrected chi connectivity index (χ3v) is 18.1. The average Bonchev–Trinajstić information content (AvgIpc) is 3.69. The fraction of sp³-hybridized carbons (Fsp3) is 0.942. The van der Waals surface area contributed by atoms with E-state index in [4.69, 9.17) is 37.0 Å². The molecule has 3 N–H and O–H groups in total. The second-order valence-corrected chi connectivity index (χ2v) is 29.5. The van der Waals surface area contributed by atoms with Crippen LogP contribution in [0.3, 0.4) is 0 Å². The van der Waals surface area contributed by atoms with Crippen molar-refractivity contribution in [3.05, 3.63) is 0 Å². The van der Waals surface area contributed by atoms with E-state index in [0.717, 1.165) is 114 Å². The topological polar surface area (TPSA) is 237 Å². The predicted molar refractivity (Wildman–Crippen MR) is 354 cm³/mol. The fourth-order valence-corrected chi connectivity index (χ4v) is 11.9. The summed E-state index contributed by atoms with van der Waals surface area (Å²) in [4.78, 5) is 72.5.